The number of amides is 1. The molecular weight excluding hydrogens is 418 g/mol. The average molecular weight is 433 g/mol. The third-order valence-electron chi connectivity index (χ3n) is 2.77. The van der Waals surface area contributed by atoms with Crippen molar-refractivity contribution in [1.29, 1.82) is 0 Å². The lowest BCUT2D eigenvalue weighted by Gasteiger charge is -2.14. The molecule has 0 aliphatic rings. The number of carbonyl (C=O) groups is 1. The first kappa shape index (κ1) is 16.5. The minimum Gasteiger partial charge on any atom is -0.491 e. The van der Waals surface area contributed by atoms with Crippen LogP contribution >= 0.6 is 43.2 Å². The number of carbonyl (C=O) groups excluding carboxylic acids is 1. The Morgan fingerprint density at radius 2 is 2.00 bits per heavy atom. The summed E-state index contributed by atoms with van der Waals surface area (Å²) in [7, 11) is 0. The highest BCUT2D eigenvalue weighted by Crippen LogP contribution is 2.32. The van der Waals surface area contributed by atoms with Crippen molar-refractivity contribution in [3.05, 3.63) is 49.0 Å². The summed E-state index contributed by atoms with van der Waals surface area (Å²) >= 11 is 8.16. The van der Waals surface area contributed by atoms with Gasteiger partial charge >= 0.3 is 0 Å². The Bertz CT molecular complexity index is 606. The first-order chi connectivity index (χ1) is 9.95. The average Bonchev–Trinajstić information content (AvgIpc) is 2.78. The topological polar surface area (TPSA) is 38.3 Å². The Kier molecular flexibility index (Phi) is 5.84. The van der Waals surface area contributed by atoms with Crippen LogP contribution in [0.4, 0.5) is 0 Å². The summed E-state index contributed by atoms with van der Waals surface area (Å²) in [5.41, 5.74) is 1.19. The van der Waals surface area contributed by atoms with Crippen LogP contribution in [-0.2, 0) is 0 Å². The zero-order valence-electron chi connectivity index (χ0n) is 11.7. The van der Waals surface area contributed by atoms with Crippen LogP contribution in [0.15, 0.2) is 38.6 Å². The highest BCUT2D eigenvalue weighted by atomic mass is 79.9. The quantitative estimate of drug-likeness (QED) is 0.738. The van der Waals surface area contributed by atoms with Crippen LogP contribution in [0.25, 0.3) is 0 Å². The molecule has 2 aromatic rings. The van der Waals surface area contributed by atoms with Gasteiger partial charge in [0.1, 0.15) is 12.4 Å². The first-order valence-corrected chi connectivity index (χ1v) is 8.81. The van der Waals surface area contributed by atoms with Crippen molar-refractivity contribution < 1.29 is 9.53 Å². The summed E-state index contributed by atoms with van der Waals surface area (Å²) in [6.45, 7) is 4.39. The second-order valence-electron chi connectivity index (χ2n) is 4.73. The number of aryl methyl sites for hydroxylation is 1. The summed E-state index contributed by atoms with van der Waals surface area (Å²) in [5.74, 6) is 0.717. The lowest BCUT2D eigenvalue weighted by Crippen LogP contribution is -2.36. The van der Waals surface area contributed by atoms with Gasteiger partial charge in [0, 0.05) is 4.47 Å². The van der Waals surface area contributed by atoms with E-state index < -0.39 is 0 Å². The Labute approximate surface area is 145 Å². The molecule has 112 valence electrons. The molecule has 0 saturated heterocycles. The van der Waals surface area contributed by atoms with Crippen LogP contribution in [0.5, 0.6) is 5.75 Å². The van der Waals surface area contributed by atoms with Crippen LogP contribution in [0, 0.1) is 6.92 Å². The summed E-state index contributed by atoms with van der Waals surface area (Å²) in [5, 5.41) is 2.92. The fourth-order valence-electron chi connectivity index (χ4n) is 1.65. The molecule has 0 bridgehead atoms. The van der Waals surface area contributed by atoms with E-state index in [4.69, 9.17) is 4.74 Å². The monoisotopic (exact) mass is 431 g/mol. The van der Waals surface area contributed by atoms with E-state index >= 15 is 0 Å². The van der Waals surface area contributed by atoms with Crippen molar-refractivity contribution in [1.82, 2.24) is 5.32 Å². The van der Waals surface area contributed by atoms with Crippen molar-refractivity contribution in [2.75, 3.05) is 6.61 Å². The minimum absolute atomic E-state index is 0.0709. The molecule has 1 N–H and O–H groups in total. The molecule has 2 rings (SSSR count). The molecule has 21 heavy (non-hydrogen) atoms. The van der Waals surface area contributed by atoms with E-state index in [0.29, 0.717) is 11.5 Å². The van der Waals surface area contributed by atoms with Gasteiger partial charge in [-0.25, -0.2) is 0 Å². The van der Waals surface area contributed by atoms with E-state index in [0.717, 1.165) is 14.0 Å². The van der Waals surface area contributed by atoms with Crippen molar-refractivity contribution in [2.45, 2.75) is 19.9 Å². The lowest BCUT2D eigenvalue weighted by molar-refractivity contribution is 0.0931. The van der Waals surface area contributed by atoms with Crippen molar-refractivity contribution >= 4 is 49.1 Å². The molecule has 0 fully saturated rings. The van der Waals surface area contributed by atoms with Crippen molar-refractivity contribution in [2.24, 2.45) is 0 Å². The maximum absolute atomic E-state index is 12.1. The van der Waals surface area contributed by atoms with Crippen molar-refractivity contribution in [3.63, 3.8) is 0 Å². The number of hydrogen-bond acceptors (Lipinski definition) is 3. The summed E-state index contributed by atoms with van der Waals surface area (Å²) in [4.78, 5) is 12.7. The van der Waals surface area contributed by atoms with Gasteiger partial charge < -0.3 is 10.1 Å². The maximum Gasteiger partial charge on any atom is 0.261 e. The van der Waals surface area contributed by atoms with Gasteiger partial charge in [-0.15, -0.1) is 11.3 Å². The molecule has 1 amide bonds. The van der Waals surface area contributed by atoms with Crippen LogP contribution in [-0.4, -0.2) is 18.6 Å². The molecule has 1 aromatic heterocycles. The fourth-order valence-corrected chi connectivity index (χ4v) is 3.59. The van der Waals surface area contributed by atoms with Gasteiger partial charge in [0.15, 0.2) is 0 Å². The lowest BCUT2D eigenvalue weighted by atomic mass is 10.2. The number of hydrogen-bond donors (Lipinski definition) is 1. The number of halogens is 2. The van der Waals surface area contributed by atoms with Gasteiger partial charge in [0.2, 0.25) is 0 Å². The van der Waals surface area contributed by atoms with Gasteiger partial charge in [-0.2, -0.15) is 0 Å². The number of rotatable bonds is 5. The number of ether oxygens (including phenoxy) is 1. The molecule has 0 aliphatic heterocycles. The highest BCUT2D eigenvalue weighted by Gasteiger charge is 2.14. The summed E-state index contributed by atoms with van der Waals surface area (Å²) < 4.78 is 7.46. The van der Waals surface area contributed by atoms with Crippen LogP contribution in [0.1, 0.15) is 22.2 Å². The molecule has 0 spiro atoms. The second-order valence-corrected chi connectivity index (χ2v) is 7.96. The Morgan fingerprint density at radius 1 is 1.33 bits per heavy atom. The Hall–Kier alpha value is -0.850. The predicted molar refractivity (Wildman–Crippen MR) is 93.3 cm³/mol. The molecular formula is C15H15Br2NO2S. The Morgan fingerprint density at radius 3 is 2.57 bits per heavy atom. The second kappa shape index (κ2) is 7.42. The van der Waals surface area contributed by atoms with Gasteiger partial charge in [-0.3, -0.25) is 4.79 Å². The minimum atomic E-state index is -0.0913. The first-order valence-electron chi connectivity index (χ1n) is 6.41. The normalized spacial score (nSPS) is 12.0. The third-order valence-corrected chi connectivity index (χ3v) is 6.02. The summed E-state index contributed by atoms with van der Waals surface area (Å²) in [6.07, 6.45) is 0. The standard InChI is InChI=1S/C15H15Br2NO2S/c1-9-3-5-11(6-4-9)20-8-10(2)18-15(19)13-7-12(16)14(17)21-13/h3-7,10H,8H2,1-2H3,(H,18,19). The molecule has 6 heteroatoms. The Balaban J connectivity index is 1.85. The smallest absolute Gasteiger partial charge is 0.261 e. The van der Waals surface area contributed by atoms with Gasteiger partial charge in [0.25, 0.3) is 5.91 Å². The molecule has 1 unspecified atom stereocenters. The predicted octanol–water partition coefficient (Wildman–Crippen LogP) is 4.78. The van der Waals surface area contributed by atoms with E-state index in [-0.39, 0.29) is 11.9 Å². The van der Waals surface area contributed by atoms with Crippen LogP contribution in [0.3, 0.4) is 0 Å². The van der Waals surface area contributed by atoms with E-state index in [1.165, 1.54) is 16.9 Å². The fraction of sp³-hybridized carbons (Fsp3) is 0.267. The number of benzene rings is 1. The van der Waals surface area contributed by atoms with Crippen molar-refractivity contribution in [3.8, 4) is 5.75 Å². The van der Waals surface area contributed by atoms with Crippen LogP contribution in [0.2, 0.25) is 0 Å². The zero-order valence-corrected chi connectivity index (χ0v) is 15.6. The molecule has 0 saturated carbocycles. The molecule has 0 aliphatic carbocycles. The largest absolute Gasteiger partial charge is 0.491 e. The van der Waals surface area contributed by atoms with Gasteiger partial charge in [-0.1, -0.05) is 17.7 Å². The SMILES string of the molecule is Cc1ccc(OCC(C)NC(=O)c2cc(Br)c(Br)s2)cc1. The van der Waals surface area contributed by atoms with Gasteiger partial charge in [0.05, 0.1) is 14.7 Å². The molecule has 3 nitrogen and oxygen atoms in total. The molecule has 1 aromatic carbocycles. The number of nitrogens with one attached hydrogen (secondary N) is 1. The summed E-state index contributed by atoms with van der Waals surface area (Å²) in [6, 6.07) is 9.59. The molecule has 0 radical (unpaired) electrons. The van der Waals surface area contributed by atoms with E-state index in [1.807, 2.05) is 38.1 Å². The molecule has 1 atom stereocenters. The van der Waals surface area contributed by atoms with Crippen LogP contribution < -0.4 is 10.1 Å². The van der Waals surface area contributed by atoms with E-state index in [1.54, 1.807) is 6.07 Å². The maximum atomic E-state index is 12.1. The highest BCUT2D eigenvalue weighted by molar-refractivity contribution is 9.13. The molecule has 1 heterocycles. The van der Waals surface area contributed by atoms with E-state index in [2.05, 4.69) is 37.2 Å². The van der Waals surface area contributed by atoms with E-state index in [9.17, 15) is 4.79 Å². The number of thiophene rings is 1. The zero-order chi connectivity index (χ0) is 15.4. The third kappa shape index (κ3) is 4.83. The van der Waals surface area contributed by atoms with Gasteiger partial charge in [-0.05, 0) is 63.9 Å².